The quantitative estimate of drug-likeness (QED) is 0.459. The van der Waals surface area contributed by atoms with Crippen LogP contribution in [0.25, 0.3) is 11.5 Å². The highest BCUT2D eigenvalue weighted by Gasteiger charge is 2.25. The van der Waals surface area contributed by atoms with E-state index in [0.29, 0.717) is 28.8 Å². The van der Waals surface area contributed by atoms with Crippen molar-refractivity contribution in [3.63, 3.8) is 0 Å². The minimum Gasteiger partial charge on any atom is -0.454 e. The molecule has 0 spiro atoms. The second-order valence-electron chi connectivity index (χ2n) is 6.62. The van der Waals surface area contributed by atoms with Crippen molar-refractivity contribution in [2.75, 3.05) is 12.1 Å². The van der Waals surface area contributed by atoms with Crippen molar-refractivity contribution in [2.24, 2.45) is 0 Å². The highest BCUT2D eigenvalue weighted by Crippen LogP contribution is 2.37. The van der Waals surface area contributed by atoms with Crippen LogP contribution in [0.1, 0.15) is 17.5 Å². The summed E-state index contributed by atoms with van der Waals surface area (Å²) in [5.41, 5.74) is 2.12. The average Bonchev–Trinajstić information content (AvgIpc) is 3.42. The van der Waals surface area contributed by atoms with Gasteiger partial charge in [-0.05, 0) is 36.4 Å². The first-order chi connectivity index (χ1) is 14.7. The van der Waals surface area contributed by atoms with Crippen LogP contribution < -0.4 is 14.8 Å². The first-order valence-corrected chi connectivity index (χ1v) is 9.55. The number of rotatable bonds is 5. The molecule has 30 heavy (non-hydrogen) atoms. The third-order valence-corrected chi connectivity index (χ3v) is 4.99. The van der Waals surface area contributed by atoms with Gasteiger partial charge < -0.3 is 19.2 Å². The molecular weight excluding hydrogens is 409 g/mol. The molecule has 0 saturated carbocycles. The Hall–Kier alpha value is -3.58. The average molecular weight is 424 g/mol. The molecule has 0 saturated heterocycles. The van der Waals surface area contributed by atoms with Crippen molar-refractivity contribution in [1.29, 1.82) is 0 Å². The number of ether oxygens (including phenoxy) is 2. The SMILES string of the molecule is Fc1ccc(C(Nc2ccc3c(c2)OCO3)c2nnc(-c3ccccc3)o2)c(Cl)c1. The fraction of sp³-hybridized carbons (Fsp3) is 0.0909. The van der Waals surface area contributed by atoms with Crippen LogP contribution in [0.5, 0.6) is 11.5 Å². The molecule has 2 heterocycles. The van der Waals surface area contributed by atoms with E-state index in [-0.39, 0.29) is 11.8 Å². The second-order valence-corrected chi connectivity index (χ2v) is 7.03. The number of nitrogens with zero attached hydrogens (tertiary/aromatic N) is 2. The minimum absolute atomic E-state index is 0.177. The summed E-state index contributed by atoms with van der Waals surface area (Å²) in [7, 11) is 0. The Balaban J connectivity index is 1.54. The van der Waals surface area contributed by atoms with E-state index < -0.39 is 11.9 Å². The molecule has 8 heteroatoms. The summed E-state index contributed by atoms with van der Waals surface area (Å²) in [5, 5.41) is 11.9. The van der Waals surface area contributed by atoms with E-state index in [0.717, 1.165) is 11.3 Å². The van der Waals surface area contributed by atoms with Crippen molar-refractivity contribution in [3.05, 3.63) is 89.0 Å². The fourth-order valence-corrected chi connectivity index (χ4v) is 3.49. The summed E-state index contributed by atoms with van der Waals surface area (Å²) in [6, 6.07) is 18.5. The standard InChI is InChI=1S/C22H15ClFN3O3/c23-17-10-14(24)6-8-16(17)20(25-15-7-9-18-19(11-15)29-12-28-18)22-27-26-21(30-22)13-4-2-1-3-5-13/h1-11,20,25H,12H2. The monoisotopic (exact) mass is 423 g/mol. The van der Waals surface area contributed by atoms with Crippen LogP contribution in [0, 0.1) is 5.82 Å². The summed E-state index contributed by atoms with van der Waals surface area (Å²) in [5.74, 6) is 1.53. The lowest BCUT2D eigenvalue weighted by Crippen LogP contribution is -2.13. The molecular formula is C22H15ClFN3O3. The number of anilines is 1. The molecule has 150 valence electrons. The molecule has 1 aliphatic heterocycles. The lowest BCUT2D eigenvalue weighted by atomic mass is 10.1. The topological polar surface area (TPSA) is 69.4 Å². The van der Waals surface area contributed by atoms with Gasteiger partial charge in [-0.15, -0.1) is 10.2 Å². The highest BCUT2D eigenvalue weighted by atomic mass is 35.5. The summed E-state index contributed by atoms with van der Waals surface area (Å²) in [6.45, 7) is 0.177. The number of benzene rings is 3. The molecule has 1 aliphatic rings. The molecule has 0 aliphatic carbocycles. The van der Waals surface area contributed by atoms with Crippen LogP contribution in [-0.4, -0.2) is 17.0 Å². The molecule has 1 aromatic heterocycles. The van der Waals surface area contributed by atoms with E-state index in [1.807, 2.05) is 36.4 Å². The number of hydrogen-bond acceptors (Lipinski definition) is 6. The van der Waals surface area contributed by atoms with Gasteiger partial charge >= 0.3 is 0 Å². The lowest BCUT2D eigenvalue weighted by Gasteiger charge is -2.18. The third-order valence-electron chi connectivity index (χ3n) is 4.67. The van der Waals surface area contributed by atoms with E-state index in [9.17, 15) is 4.39 Å². The molecule has 5 rings (SSSR count). The number of nitrogens with one attached hydrogen (secondary N) is 1. The molecule has 1 atom stereocenters. The third kappa shape index (κ3) is 3.55. The van der Waals surface area contributed by atoms with Gasteiger partial charge in [-0.25, -0.2) is 4.39 Å². The first kappa shape index (κ1) is 18.4. The van der Waals surface area contributed by atoms with Gasteiger partial charge in [0, 0.05) is 27.9 Å². The molecule has 0 radical (unpaired) electrons. The van der Waals surface area contributed by atoms with Crippen molar-refractivity contribution < 1.29 is 18.3 Å². The van der Waals surface area contributed by atoms with Crippen LogP contribution in [-0.2, 0) is 0 Å². The molecule has 0 fully saturated rings. The first-order valence-electron chi connectivity index (χ1n) is 9.17. The van der Waals surface area contributed by atoms with Gasteiger partial charge in [-0.3, -0.25) is 0 Å². The number of aromatic nitrogens is 2. The van der Waals surface area contributed by atoms with Crippen molar-refractivity contribution in [3.8, 4) is 23.0 Å². The smallest absolute Gasteiger partial charge is 0.247 e. The lowest BCUT2D eigenvalue weighted by molar-refractivity contribution is 0.174. The Morgan fingerprint density at radius 3 is 2.60 bits per heavy atom. The van der Waals surface area contributed by atoms with E-state index in [1.165, 1.54) is 12.1 Å². The van der Waals surface area contributed by atoms with Crippen molar-refractivity contribution in [2.45, 2.75) is 6.04 Å². The zero-order valence-corrected chi connectivity index (χ0v) is 16.3. The van der Waals surface area contributed by atoms with E-state index >= 15 is 0 Å². The normalized spacial score (nSPS) is 13.3. The van der Waals surface area contributed by atoms with Crippen LogP contribution in [0.2, 0.25) is 5.02 Å². The van der Waals surface area contributed by atoms with Crippen molar-refractivity contribution >= 4 is 17.3 Å². The van der Waals surface area contributed by atoms with Gasteiger partial charge in [-0.1, -0.05) is 35.9 Å². The molecule has 4 aromatic rings. The largest absolute Gasteiger partial charge is 0.454 e. The molecule has 0 amide bonds. The summed E-state index contributed by atoms with van der Waals surface area (Å²) < 4.78 is 30.4. The number of hydrogen-bond donors (Lipinski definition) is 1. The predicted octanol–water partition coefficient (Wildman–Crippen LogP) is 5.46. The van der Waals surface area contributed by atoms with Gasteiger partial charge in [0.05, 0.1) is 0 Å². The molecule has 1 unspecified atom stereocenters. The van der Waals surface area contributed by atoms with Gasteiger partial charge in [0.1, 0.15) is 11.9 Å². The molecule has 3 aromatic carbocycles. The van der Waals surface area contributed by atoms with E-state index in [4.69, 9.17) is 25.5 Å². The van der Waals surface area contributed by atoms with Crippen LogP contribution in [0.4, 0.5) is 10.1 Å². The van der Waals surface area contributed by atoms with Crippen LogP contribution >= 0.6 is 11.6 Å². The van der Waals surface area contributed by atoms with Gasteiger partial charge in [0.15, 0.2) is 11.5 Å². The zero-order chi connectivity index (χ0) is 20.5. The fourth-order valence-electron chi connectivity index (χ4n) is 3.21. The van der Waals surface area contributed by atoms with Crippen LogP contribution in [0.3, 0.4) is 0 Å². The summed E-state index contributed by atoms with van der Waals surface area (Å²) >= 11 is 6.34. The van der Waals surface area contributed by atoms with E-state index in [2.05, 4.69) is 15.5 Å². The maximum absolute atomic E-state index is 13.6. The Kier molecular flexibility index (Phi) is 4.72. The molecule has 0 bridgehead atoms. The van der Waals surface area contributed by atoms with Gasteiger partial charge in [0.2, 0.25) is 18.6 Å². The second kappa shape index (κ2) is 7.68. The summed E-state index contributed by atoms with van der Waals surface area (Å²) in [4.78, 5) is 0. The van der Waals surface area contributed by atoms with Gasteiger partial charge in [-0.2, -0.15) is 0 Å². The molecule has 1 N–H and O–H groups in total. The van der Waals surface area contributed by atoms with Crippen molar-refractivity contribution in [1.82, 2.24) is 10.2 Å². The Morgan fingerprint density at radius 1 is 0.933 bits per heavy atom. The molecule has 6 nitrogen and oxygen atoms in total. The maximum Gasteiger partial charge on any atom is 0.247 e. The zero-order valence-electron chi connectivity index (χ0n) is 15.5. The highest BCUT2D eigenvalue weighted by molar-refractivity contribution is 6.31. The Bertz CT molecular complexity index is 1200. The number of fused-ring (bicyclic) bond motifs is 1. The van der Waals surface area contributed by atoms with Crippen LogP contribution in [0.15, 0.2) is 71.1 Å². The predicted molar refractivity (Wildman–Crippen MR) is 109 cm³/mol. The maximum atomic E-state index is 13.6. The minimum atomic E-state index is -0.608. The Morgan fingerprint density at radius 2 is 1.77 bits per heavy atom. The number of halogens is 2. The van der Waals surface area contributed by atoms with E-state index in [1.54, 1.807) is 18.2 Å². The summed E-state index contributed by atoms with van der Waals surface area (Å²) in [6.07, 6.45) is 0. The Labute approximate surface area is 176 Å². The van der Waals surface area contributed by atoms with Gasteiger partial charge in [0.25, 0.3) is 0 Å².